The smallest absolute Gasteiger partial charge is 0.253 e. The molecule has 4 heterocycles. The molecule has 30 heavy (non-hydrogen) atoms. The molecule has 6 unspecified atom stereocenters. The van der Waals surface area contributed by atoms with Crippen LogP contribution in [0.5, 0.6) is 0 Å². The fourth-order valence-corrected chi connectivity index (χ4v) is 7.14. The zero-order valence-electron chi connectivity index (χ0n) is 18.4. The van der Waals surface area contributed by atoms with Gasteiger partial charge in [0.05, 0.1) is 6.17 Å². The van der Waals surface area contributed by atoms with E-state index in [-0.39, 0.29) is 24.0 Å². The van der Waals surface area contributed by atoms with Crippen molar-refractivity contribution in [3.05, 3.63) is 0 Å². The number of alkyl halides is 1. The summed E-state index contributed by atoms with van der Waals surface area (Å²) < 4.78 is 21.4. The van der Waals surface area contributed by atoms with Gasteiger partial charge in [0.1, 0.15) is 11.3 Å². The minimum Gasteiger partial charge on any atom is -0.368 e. The van der Waals surface area contributed by atoms with Crippen molar-refractivity contribution in [2.24, 2.45) is 17.8 Å². The van der Waals surface area contributed by atoms with Gasteiger partial charge in [0.2, 0.25) is 0 Å². The van der Waals surface area contributed by atoms with Crippen molar-refractivity contribution in [3.8, 4) is 0 Å². The van der Waals surface area contributed by atoms with Crippen LogP contribution in [0.25, 0.3) is 0 Å². The van der Waals surface area contributed by atoms with Crippen LogP contribution in [-0.4, -0.2) is 73.7 Å². The van der Waals surface area contributed by atoms with Gasteiger partial charge in [0.15, 0.2) is 0 Å². The lowest BCUT2D eigenvalue weighted by Gasteiger charge is -2.44. The fourth-order valence-electron chi connectivity index (χ4n) is 7.14. The standard InChI is InChI=1S/C22H38FN5O2/c1-21(30-2)17-15(7-10-25-19(17)26-20(21)29)18-14-5-3-4-6-16(14)28(27-18)13-22(23)8-11-24-12-9-22/h14-19,24-25,27H,3-13H2,1-2H3,(H,26,29)/t14?,15?,16?,17?,18?,19?,21-/m1/s1. The van der Waals surface area contributed by atoms with Gasteiger partial charge in [-0.1, -0.05) is 12.8 Å². The van der Waals surface area contributed by atoms with Crippen molar-refractivity contribution >= 4 is 5.91 Å². The summed E-state index contributed by atoms with van der Waals surface area (Å²) >= 11 is 0. The number of carbonyl (C=O) groups excluding carboxylic acids is 1. The molecule has 0 aromatic heterocycles. The molecule has 4 aliphatic heterocycles. The Balaban J connectivity index is 1.40. The van der Waals surface area contributed by atoms with E-state index in [1.54, 1.807) is 7.11 Å². The van der Waals surface area contributed by atoms with E-state index in [1.807, 2.05) is 6.92 Å². The molecule has 7 nitrogen and oxygen atoms in total. The molecular weight excluding hydrogens is 385 g/mol. The van der Waals surface area contributed by atoms with Crippen LogP contribution in [0.3, 0.4) is 0 Å². The summed E-state index contributed by atoms with van der Waals surface area (Å²) in [6, 6.07) is 0.677. The van der Waals surface area contributed by atoms with Gasteiger partial charge in [-0.05, 0) is 70.5 Å². The van der Waals surface area contributed by atoms with Gasteiger partial charge in [-0.2, -0.15) is 0 Å². The first-order valence-electron chi connectivity index (χ1n) is 12.0. The third-order valence-corrected chi connectivity index (χ3v) is 8.83. The highest BCUT2D eigenvalue weighted by Gasteiger charge is 2.60. The molecule has 7 atom stereocenters. The Morgan fingerprint density at radius 2 is 1.90 bits per heavy atom. The van der Waals surface area contributed by atoms with E-state index in [0.29, 0.717) is 37.3 Å². The van der Waals surface area contributed by atoms with E-state index >= 15 is 4.39 Å². The molecule has 5 fully saturated rings. The van der Waals surface area contributed by atoms with Crippen LogP contribution >= 0.6 is 0 Å². The van der Waals surface area contributed by atoms with E-state index in [1.165, 1.54) is 19.3 Å². The number of hydrogen-bond donors (Lipinski definition) is 4. The zero-order chi connectivity index (χ0) is 20.9. The molecule has 5 aliphatic rings. The van der Waals surface area contributed by atoms with Crippen LogP contribution in [0, 0.1) is 17.8 Å². The van der Waals surface area contributed by atoms with E-state index in [4.69, 9.17) is 4.74 Å². The maximum Gasteiger partial charge on any atom is 0.253 e. The summed E-state index contributed by atoms with van der Waals surface area (Å²) in [6.07, 6.45) is 6.94. The Hall–Kier alpha value is -0.800. The van der Waals surface area contributed by atoms with Crippen LogP contribution in [0.1, 0.15) is 51.9 Å². The maximum absolute atomic E-state index is 15.6. The molecule has 0 aromatic rings. The summed E-state index contributed by atoms with van der Waals surface area (Å²) in [6.45, 7) is 4.83. The van der Waals surface area contributed by atoms with Crippen molar-refractivity contribution in [1.82, 2.24) is 26.4 Å². The summed E-state index contributed by atoms with van der Waals surface area (Å²) in [5.74, 6) is 0.887. The van der Waals surface area contributed by atoms with E-state index in [2.05, 4.69) is 26.4 Å². The molecule has 0 radical (unpaired) electrons. The van der Waals surface area contributed by atoms with Crippen molar-refractivity contribution in [1.29, 1.82) is 0 Å². The second kappa shape index (κ2) is 7.96. The molecule has 4 N–H and O–H groups in total. The number of rotatable bonds is 4. The predicted octanol–water partition coefficient (Wildman–Crippen LogP) is 0.912. The second-order valence-corrected chi connectivity index (χ2v) is 10.4. The average Bonchev–Trinajstić information content (AvgIpc) is 3.24. The van der Waals surface area contributed by atoms with Crippen LogP contribution in [-0.2, 0) is 9.53 Å². The van der Waals surface area contributed by atoms with E-state index in [0.717, 1.165) is 32.5 Å². The Morgan fingerprint density at radius 3 is 2.67 bits per heavy atom. The number of halogens is 1. The van der Waals surface area contributed by atoms with Gasteiger partial charge in [0, 0.05) is 31.7 Å². The topological polar surface area (TPSA) is 77.7 Å². The lowest BCUT2D eigenvalue weighted by molar-refractivity contribution is -0.143. The first-order valence-corrected chi connectivity index (χ1v) is 12.0. The molecule has 0 bridgehead atoms. The van der Waals surface area contributed by atoms with Crippen molar-refractivity contribution in [2.45, 2.75) is 81.4 Å². The number of hydrogen-bond acceptors (Lipinski definition) is 6. The predicted molar refractivity (Wildman–Crippen MR) is 112 cm³/mol. The number of nitrogens with zero attached hydrogens (tertiary/aromatic N) is 1. The van der Waals surface area contributed by atoms with Gasteiger partial charge < -0.3 is 15.4 Å². The second-order valence-electron chi connectivity index (χ2n) is 10.4. The minimum atomic E-state index is -1.11. The van der Waals surface area contributed by atoms with E-state index < -0.39 is 11.3 Å². The normalized spacial score (nSPS) is 46.3. The van der Waals surface area contributed by atoms with Gasteiger partial charge in [-0.3, -0.25) is 15.5 Å². The van der Waals surface area contributed by atoms with Crippen molar-refractivity contribution in [3.63, 3.8) is 0 Å². The zero-order valence-corrected chi connectivity index (χ0v) is 18.4. The first-order chi connectivity index (χ1) is 14.5. The fraction of sp³-hybridized carbons (Fsp3) is 0.955. The highest BCUT2D eigenvalue weighted by molar-refractivity contribution is 5.88. The largest absolute Gasteiger partial charge is 0.368 e. The summed E-state index contributed by atoms with van der Waals surface area (Å²) in [5.41, 5.74) is 1.88. The lowest BCUT2D eigenvalue weighted by atomic mass is 9.67. The Labute approximate surface area is 179 Å². The van der Waals surface area contributed by atoms with E-state index in [9.17, 15) is 4.79 Å². The summed E-state index contributed by atoms with van der Waals surface area (Å²) in [4.78, 5) is 12.7. The monoisotopic (exact) mass is 423 g/mol. The average molecular weight is 424 g/mol. The molecule has 8 heteroatoms. The van der Waals surface area contributed by atoms with Crippen molar-refractivity contribution < 1.29 is 13.9 Å². The molecule has 1 amide bonds. The number of fused-ring (bicyclic) bond motifs is 2. The number of carbonyl (C=O) groups is 1. The quantitative estimate of drug-likeness (QED) is 0.539. The molecule has 170 valence electrons. The third-order valence-electron chi connectivity index (χ3n) is 8.83. The van der Waals surface area contributed by atoms with Crippen LogP contribution in [0.4, 0.5) is 4.39 Å². The third kappa shape index (κ3) is 3.39. The van der Waals surface area contributed by atoms with Gasteiger partial charge in [-0.15, -0.1) is 0 Å². The molecule has 1 aliphatic carbocycles. The number of methoxy groups -OCH3 is 1. The molecule has 0 spiro atoms. The highest BCUT2D eigenvalue weighted by Crippen LogP contribution is 2.47. The number of amides is 1. The molecule has 4 saturated heterocycles. The minimum absolute atomic E-state index is 0.0214. The highest BCUT2D eigenvalue weighted by atomic mass is 19.1. The molecule has 5 rings (SSSR count). The first kappa shape index (κ1) is 21.1. The maximum atomic E-state index is 15.6. The van der Waals surface area contributed by atoms with Crippen molar-refractivity contribution in [2.75, 3.05) is 33.3 Å². The summed E-state index contributed by atoms with van der Waals surface area (Å²) in [7, 11) is 1.65. The van der Waals surface area contributed by atoms with Gasteiger partial charge in [0.25, 0.3) is 5.91 Å². The SMILES string of the molecule is CO[C@@]1(C)C(=O)NC2NCCC(C3NN(CC4(F)CCNCC4)C4CCCCC34)C21. The van der Waals surface area contributed by atoms with Crippen LogP contribution in [0.2, 0.25) is 0 Å². The van der Waals surface area contributed by atoms with Gasteiger partial charge >= 0.3 is 0 Å². The Morgan fingerprint density at radius 1 is 1.13 bits per heavy atom. The van der Waals surface area contributed by atoms with Crippen LogP contribution in [0.15, 0.2) is 0 Å². The van der Waals surface area contributed by atoms with Gasteiger partial charge in [-0.25, -0.2) is 9.40 Å². The molecule has 1 saturated carbocycles. The Bertz CT molecular complexity index is 659. The number of ether oxygens (including phenoxy) is 1. The lowest BCUT2D eigenvalue weighted by Crippen LogP contribution is -2.59. The Kier molecular flexibility index (Phi) is 5.59. The number of nitrogens with one attached hydrogen (secondary N) is 4. The molecule has 0 aromatic carbocycles. The summed E-state index contributed by atoms with van der Waals surface area (Å²) in [5, 5.41) is 12.2. The molecular formula is C22H38FN5O2. The number of hydrazine groups is 1. The van der Waals surface area contributed by atoms with Crippen LogP contribution < -0.4 is 21.4 Å². The number of piperidine rings is 2.